The van der Waals surface area contributed by atoms with Crippen molar-refractivity contribution >= 4 is 40.8 Å². The fraction of sp³-hybridized carbons (Fsp3) is 0.167. The van der Waals surface area contributed by atoms with E-state index in [1.54, 1.807) is 0 Å². The van der Waals surface area contributed by atoms with Crippen LogP contribution in [-0.2, 0) is 4.79 Å². The maximum Gasteiger partial charge on any atom is 0.323 e. The molecular weight excluding hydrogens is 394 g/mol. The van der Waals surface area contributed by atoms with Crippen LogP contribution in [0, 0.1) is 13.8 Å². The Bertz CT molecular complexity index is 1000. The molecule has 154 valence electrons. The Hall–Kier alpha value is -3.25. The predicted molar refractivity (Wildman–Crippen MR) is 125 cm³/mol. The average Bonchev–Trinajstić information content (AvgIpc) is 2.69. The molecule has 3 rings (SSSR count). The molecule has 3 aromatic rings. The van der Waals surface area contributed by atoms with Crippen LogP contribution in [0.4, 0.5) is 21.9 Å². The van der Waals surface area contributed by atoms with Gasteiger partial charge in [-0.3, -0.25) is 4.79 Å². The molecule has 0 bridgehead atoms. The quantitative estimate of drug-likeness (QED) is 0.425. The number of para-hydroxylation sites is 1. The first-order chi connectivity index (χ1) is 14.4. The Balaban J connectivity index is 1.53. The number of aryl methyl sites for hydroxylation is 2. The molecule has 0 aliphatic carbocycles. The Morgan fingerprint density at radius 2 is 1.30 bits per heavy atom. The summed E-state index contributed by atoms with van der Waals surface area (Å²) in [6.45, 7) is 5.90. The molecule has 0 fully saturated rings. The molecule has 0 spiro atoms. The number of hydrogen-bond donors (Lipinski definition) is 3. The third kappa shape index (κ3) is 6.39. The molecule has 0 aliphatic rings. The van der Waals surface area contributed by atoms with Gasteiger partial charge in [0.1, 0.15) is 0 Å². The zero-order valence-electron chi connectivity index (χ0n) is 17.2. The van der Waals surface area contributed by atoms with Crippen LogP contribution < -0.4 is 16.0 Å². The van der Waals surface area contributed by atoms with Crippen molar-refractivity contribution in [2.24, 2.45) is 0 Å². The number of rotatable bonds is 6. The van der Waals surface area contributed by atoms with Gasteiger partial charge < -0.3 is 16.0 Å². The Morgan fingerprint density at radius 3 is 1.90 bits per heavy atom. The minimum Gasteiger partial charge on any atom is -0.325 e. The van der Waals surface area contributed by atoms with Gasteiger partial charge in [0.05, 0.1) is 5.25 Å². The third-order valence-electron chi connectivity index (χ3n) is 4.32. The fourth-order valence-electron chi connectivity index (χ4n) is 2.98. The number of anilines is 3. The third-order valence-corrected chi connectivity index (χ3v) is 5.43. The van der Waals surface area contributed by atoms with Gasteiger partial charge in [-0.1, -0.05) is 24.3 Å². The molecule has 0 saturated carbocycles. The summed E-state index contributed by atoms with van der Waals surface area (Å²) in [5, 5.41) is 8.29. The summed E-state index contributed by atoms with van der Waals surface area (Å²) >= 11 is 1.47. The van der Waals surface area contributed by atoms with E-state index in [4.69, 9.17) is 0 Å². The van der Waals surface area contributed by atoms with E-state index in [0.29, 0.717) is 5.69 Å². The van der Waals surface area contributed by atoms with Gasteiger partial charge in [-0.05, 0) is 80.4 Å². The summed E-state index contributed by atoms with van der Waals surface area (Å²) in [5.41, 5.74) is 4.45. The number of carbonyl (C=O) groups excluding carboxylic acids is 2. The first kappa shape index (κ1) is 21.5. The molecule has 5 nitrogen and oxygen atoms in total. The van der Waals surface area contributed by atoms with E-state index in [0.717, 1.165) is 27.4 Å². The second-order valence-corrected chi connectivity index (χ2v) is 8.51. The number of amides is 3. The lowest BCUT2D eigenvalue weighted by molar-refractivity contribution is -0.115. The lowest BCUT2D eigenvalue weighted by atomic mass is 10.1. The molecule has 0 heterocycles. The van der Waals surface area contributed by atoms with Gasteiger partial charge in [0.25, 0.3) is 0 Å². The lowest BCUT2D eigenvalue weighted by Crippen LogP contribution is -2.22. The molecule has 6 heteroatoms. The second-order valence-electron chi connectivity index (χ2n) is 7.10. The molecule has 0 radical (unpaired) electrons. The highest BCUT2D eigenvalue weighted by atomic mass is 32.2. The van der Waals surface area contributed by atoms with Crippen LogP contribution in [-0.4, -0.2) is 17.2 Å². The van der Waals surface area contributed by atoms with E-state index in [9.17, 15) is 9.59 Å². The zero-order valence-corrected chi connectivity index (χ0v) is 18.0. The van der Waals surface area contributed by atoms with Crippen LogP contribution in [0.3, 0.4) is 0 Å². The fourth-order valence-corrected chi connectivity index (χ4v) is 3.85. The molecule has 0 saturated heterocycles. The average molecular weight is 420 g/mol. The standard InChI is InChI=1S/C24H25N3O2S/c1-16-13-17(2)15-21(14-16)25-23(28)18(3)30-22-11-9-20(10-12-22)27-24(29)26-19-7-5-4-6-8-19/h4-15,18H,1-3H3,(H,25,28)(H2,26,27,29). The largest absolute Gasteiger partial charge is 0.325 e. The first-order valence-corrected chi connectivity index (χ1v) is 10.6. The van der Waals surface area contributed by atoms with Gasteiger partial charge in [0, 0.05) is 22.0 Å². The molecule has 3 amide bonds. The summed E-state index contributed by atoms with van der Waals surface area (Å²) in [7, 11) is 0. The Morgan fingerprint density at radius 1 is 0.733 bits per heavy atom. The normalized spacial score (nSPS) is 11.4. The van der Waals surface area contributed by atoms with Gasteiger partial charge >= 0.3 is 6.03 Å². The summed E-state index contributed by atoms with van der Waals surface area (Å²) in [4.78, 5) is 25.6. The molecule has 1 atom stereocenters. The van der Waals surface area contributed by atoms with Crippen molar-refractivity contribution in [3.8, 4) is 0 Å². The maximum atomic E-state index is 12.5. The van der Waals surface area contributed by atoms with E-state index < -0.39 is 0 Å². The minimum absolute atomic E-state index is 0.0468. The highest BCUT2D eigenvalue weighted by Crippen LogP contribution is 2.26. The summed E-state index contributed by atoms with van der Waals surface area (Å²) in [6, 6.07) is 22.4. The van der Waals surface area contributed by atoms with Crippen LogP contribution in [0.15, 0.2) is 77.7 Å². The number of thioether (sulfide) groups is 1. The van der Waals surface area contributed by atoms with Crippen LogP contribution >= 0.6 is 11.8 Å². The van der Waals surface area contributed by atoms with Gasteiger partial charge in [0.2, 0.25) is 5.91 Å². The summed E-state index contributed by atoms with van der Waals surface area (Å²) in [6.07, 6.45) is 0. The SMILES string of the molecule is Cc1cc(C)cc(NC(=O)C(C)Sc2ccc(NC(=O)Nc3ccccc3)cc2)c1. The number of carbonyl (C=O) groups is 2. The van der Waals surface area contributed by atoms with Crippen molar-refractivity contribution in [1.82, 2.24) is 0 Å². The zero-order chi connectivity index (χ0) is 21.5. The number of benzene rings is 3. The monoisotopic (exact) mass is 419 g/mol. The van der Waals surface area contributed by atoms with Gasteiger partial charge in [-0.2, -0.15) is 0 Å². The van der Waals surface area contributed by atoms with Crippen molar-refractivity contribution in [3.63, 3.8) is 0 Å². The van der Waals surface area contributed by atoms with Crippen LogP contribution in [0.5, 0.6) is 0 Å². The van der Waals surface area contributed by atoms with E-state index in [-0.39, 0.29) is 17.2 Å². The molecule has 30 heavy (non-hydrogen) atoms. The highest BCUT2D eigenvalue weighted by Gasteiger charge is 2.15. The minimum atomic E-state index is -0.303. The van der Waals surface area contributed by atoms with Crippen molar-refractivity contribution in [2.75, 3.05) is 16.0 Å². The molecule has 3 aromatic carbocycles. The highest BCUT2D eigenvalue weighted by molar-refractivity contribution is 8.00. The lowest BCUT2D eigenvalue weighted by Gasteiger charge is -2.13. The van der Waals surface area contributed by atoms with E-state index in [2.05, 4.69) is 22.0 Å². The topological polar surface area (TPSA) is 70.2 Å². The molecule has 0 aliphatic heterocycles. The summed E-state index contributed by atoms with van der Waals surface area (Å²) < 4.78 is 0. The molecule has 3 N–H and O–H groups in total. The van der Waals surface area contributed by atoms with E-state index in [1.165, 1.54) is 11.8 Å². The van der Waals surface area contributed by atoms with Crippen LogP contribution in [0.1, 0.15) is 18.1 Å². The summed E-state index contributed by atoms with van der Waals surface area (Å²) in [5.74, 6) is -0.0468. The second kappa shape index (κ2) is 9.98. The first-order valence-electron chi connectivity index (χ1n) is 9.68. The maximum absolute atomic E-state index is 12.5. The molecule has 1 unspecified atom stereocenters. The molecule has 0 aromatic heterocycles. The number of nitrogens with one attached hydrogen (secondary N) is 3. The van der Waals surface area contributed by atoms with Crippen molar-refractivity contribution in [3.05, 3.63) is 83.9 Å². The Labute approximate surface area is 181 Å². The number of hydrogen-bond acceptors (Lipinski definition) is 3. The van der Waals surface area contributed by atoms with Crippen molar-refractivity contribution < 1.29 is 9.59 Å². The smallest absolute Gasteiger partial charge is 0.323 e. The predicted octanol–water partition coefficient (Wildman–Crippen LogP) is 6.07. The van der Waals surface area contributed by atoms with E-state index >= 15 is 0 Å². The number of urea groups is 1. The van der Waals surface area contributed by atoms with Gasteiger partial charge in [-0.15, -0.1) is 11.8 Å². The van der Waals surface area contributed by atoms with Crippen molar-refractivity contribution in [2.45, 2.75) is 30.9 Å². The Kier molecular flexibility index (Phi) is 7.14. The van der Waals surface area contributed by atoms with Crippen LogP contribution in [0.25, 0.3) is 0 Å². The van der Waals surface area contributed by atoms with Crippen molar-refractivity contribution in [1.29, 1.82) is 0 Å². The van der Waals surface area contributed by atoms with Gasteiger partial charge in [0.15, 0.2) is 0 Å². The van der Waals surface area contributed by atoms with E-state index in [1.807, 2.05) is 87.5 Å². The van der Waals surface area contributed by atoms with Crippen LogP contribution in [0.2, 0.25) is 0 Å². The molecular formula is C24H25N3O2S. The van der Waals surface area contributed by atoms with Gasteiger partial charge in [-0.25, -0.2) is 4.79 Å².